The van der Waals surface area contributed by atoms with E-state index in [2.05, 4.69) is 10.6 Å². The van der Waals surface area contributed by atoms with E-state index < -0.39 is 24.5 Å². The zero-order chi connectivity index (χ0) is 19.6. The number of hydrogen-bond donors (Lipinski definition) is 2. The molecular formula is C19H22N2O5S. The molecule has 0 fully saturated rings. The second-order valence-electron chi connectivity index (χ2n) is 5.94. The van der Waals surface area contributed by atoms with Gasteiger partial charge in [0.2, 0.25) is 0 Å². The number of carbonyl (C=O) groups is 3. The first kappa shape index (κ1) is 20.6. The smallest absolute Gasteiger partial charge is 0.338 e. The monoisotopic (exact) mass is 390 g/mol. The van der Waals surface area contributed by atoms with Crippen LogP contribution >= 0.6 is 11.3 Å². The lowest BCUT2D eigenvalue weighted by Gasteiger charge is -2.09. The third-order valence-electron chi connectivity index (χ3n) is 3.36. The highest BCUT2D eigenvalue weighted by atomic mass is 32.1. The van der Waals surface area contributed by atoms with E-state index in [0.29, 0.717) is 18.7 Å². The minimum atomic E-state index is -0.700. The number of thiophene rings is 1. The van der Waals surface area contributed by atoms with Gasteiger partial charge in [-0.15, -0.1) is 11.3 Å². The molecule has 2 rings (SSSR count). The molecule has 0 unspecified atom stereocenters. The fourth-order valence-corrected chi connectivity index (χ4v) is 2.65. The standard InChI is InChI=1S/C19H22N2O5S/c1-13(2)25-11-14-5-7-15(8-6-14)18(23)26-12-17(22)21-19(24)20-10-16-4-3-9-27-16/h3-9,13H,10-12H2,1-2H3,(H2,20,21,22,24). The summed E-state index contributed by atoms with van der Waals surface area (Å²) in [5.74, 6) is -1.34. The highest BCUT2D eigenvalue weighted by Gasteiger charge is 2.12. The zero-order valence-corrected chi connectivity index (χ0v) is 16.0. The summed E-state index contributed by atoms with van der Waals surface area (Å²) in [6, 6.07) is 9.83. The molecule has 0 spiro atoms. The van der Waals surface area contributed by atoms with Crippen LogP contribution in [0, 0.1) is 0 Å². The lowest BCUT2D eigenvalue weighted by molar-refractivity contribution is -0.123. The van der Waals surface area contributed by atoms with Gasteiger partial charge >= 0.3 is 12.0 Å². The first-order chi connectivity index (χ1) is 12.9. The van der Waals surface area contributed by atoms with Gasteiger partial charge in [0.05, 0.1) is 24.8 Å². The SMILES string of the molecule is CC(C)OCc1ccc(C(=O)OCC(=O)NC(=O)NCc2cccs2)cc1. The Morgan fingerprint density at radius 3 is 2.48 bits per heavy atom. The van der Waals surface area contributed by atoms with E-state index in [0.717, 1.165) is 10.4 Å². The van der Waals surface area contributed by atoms with Gasteiger partial charge in [-0.1, -0.05) is 18.2 Å². The van der Waals surface area contributed by atoms with E-state index in [4.69, 9.17) is 9.47 Å². The van der Waals surface area contributed by atoms with Crippen LogP contribution in [0.15, 0.2) is 41.8 Å². The minimum Gasteiger partial charge on any atom is -0.452 e. The number of carbonyl (C=O) groups excluding carboxylic acids is 3. The molecule has 1 heterocycles. The normalized spacial score (nSPS) is 10.5. The minimum absolute atomic E-state index is 0.121. The van der Waals surface area contributed by atoms with Crippen molar-refractivity contribution in [3.8, 4) is 0 Å². The first-order valence-corrected chi connectivity index (χ1v) is 9.29. The lowest BCUT2D eigenvalue weighted by atomic mass is 10.1. The quantitative estimate of drug-likeness (QED) is 0.676. The molecular weight excluding hydrogens is 368 g/mol. The maximum Gasteiger partial charge on any atom is 0.338 e. The number of amides is 3. The van der Waals surface area contributed by atoms with Crippen molar-refractivity contribution < 1.29 is 23.9 Å². The number of esters is 1. The highest BCUT2D eigenvalue weighted by Crippen LogP contribution is 2.09. The van der Waals surface area contributed by atoms with Gasteiger partial charge in [0, 0.05) is 4.88 Å². The molecule has 0 aliphatic rings. The van der Waals surface area contributed by atoms with Gasteiger partial charge in [0.25, 0.3) is 5.91 Å². The molecule has 144 valence electrons. The van der Waals surface area contributed by atoms with Gasteiger partial charge in [0.1, 0.15) is 0 Å². The van der Waals surface area contributed by atoms with Crippen molar-refractivity contribution in [1.29, 1.82) is 0 Å². The summed E-state index contributed by atoms with van der Waals surface area (Å²) >= 11 is 1.50. The summed E-state index contributed by atoms with van der Waals surface area (Å²) in [5.41, 5.74) is 1.25. The second kappa shape index (κ2) is 10.4. The molecule has 0 bridgehead atoms. The Bertz CT molecular complexity index is 757. The maximum atomic E-state index is 12.0. The summed E-state index contributed by atoms with van der Waals surface area (Å²) in [6.07, 6.45) is 0.121. The predicted molar refractivity (Wildman–Crippen MR) is 101 cm³/mol. The molecule has 2 N–H and O–H groups in total. The number of benzene rings is 1. The second-order valence-corrected chi connectivity index (χ2v) is 6.98. The number of imide groups is 1. The molecule has 2 aromatic rings. The highest BCUT2D eigenvalue weighted by molar-refractivity contribution is 7.09. The molecule has 0 saturated carbocycles. The molecule has 3 amide bonds. The molecule has 8 heteroatoms. The van der Waals surface area contributed by atoms with E-state index in [1.807, 2.05) is 31.4 Å². The van der Waals surface area contributed by atoms with Crippen LogP contribution in [0.25, 0.3) is 0 Å². The molecule has 1 aromatic carbocycles. The van der Waals surface area contributed by atoms with Gasteiger partial charge < -0.3 is 14.8 Å². The molecule has 0 radical (unpaired) electrons. The van der Waals surface area contributed by atoms with Crippen molar-refractivity contribution >= 4 is 29.2 Å². The Kier molecular flexibility index (Phi) is 7.97. The van der Waals surface area contributed by atoms with Crippen LogP contribution in [0.1, 0.15) is 34.6 Å². The lowest BCUT2D eigenvalue weighted by Crippen LogP contribution is -2.41. The molecule has 7 nitrogen and oxygen atoms in total. The van der Waals surface area contributed by atoms with Crippen molar-refractivity contribution in [3.05, 3.63) is 57.8 Å². The van der Waals surface area contributed by atoms with Crippen LogP contribution in [-0.2, 0) is 27.4 Å². The molecule has 0 saturated heterocycles. The van der Waals surface area contributed by atoms with Crippen molar-refractivity contribution in [3.63, 3.8) is 0 Å². The van der Waals surface area contributed by atoms with Gasteiger partial charge in [-0.2, -0.15) is 0 Å². The number of ether oxygens (including phenoxy) is 2. The Morgan fingerprint density at radius 1 is 1.11 bits per heavy atom. The Hall–Kier alpha value is -2.71. The van der Waals surface area contributed by atoms with E-state index in [-0.39, 0.29) is 6.10 Å². The molecule has 27 heavy (non-hydrogen) atoms. The topological polar surface area (TPSA) is 93.7 Å². The van der Waals surface area contributed by atoms with Gasteiger partial charge in [-0.05, 0) is 43.0 Å². The molecule has 0 aliphatic heterocycles. The van der Waals surface area contributed by atoms with Crippen LogP contribution in [-0.4, -0.2) is 30.6 Å². The summed E-state index contributed by atoms with van der Waals surface area (Å²) in [7, 11) is 0. The summed E-state index contributed by atoms with van der Waals surface area (Å²) in [6.45, 7) is 4.13. The number of rotatable bonds is 8. The van der Waals surface area contributed by atoms with Crippen LogP contribution in [0.4, 0.5) is 4.79 Å². The van der Waals surface area contributed by atoms with Crippen molar-refractivity contribution in [1.82, 2.24) is 10.6 Å². The fourth-order valence-electron chi connectivity index (χ4n) is 2.00. The number of nitrogens with one attached hydrogen (secondary N) is 2. The van der Waals surface area contributed by atoms with Gasteiger partial charge in [-0.3, -0.25) is 10.1 Å². The van der Waals surface area contributed by atoms with Gasteiger partial charge in [-0.25, -0.2) is 9.59 Å². The number of urea groups is 1. The summed E-state index contributed by atoms with van der Waals surface area (Å²) in [5, 5.41) is 6.55. The third kappa shape index (κ3) is 7.59. The molecule has 1 aromatic heterocycles. The van der Waals surface area contributed by atoms with Crippen molar-refractivity contribution in [2.75, 3.05) is 6.61 Å². The molecule has 0 atom stereocenters. The van der Waals surface area contributed by atoms with Crippen molar-refractivity contribution in [2.45, 2.75) is 33.1 Å². The van der Waals surface area contributed by atoms with Crippen LogP contribution in [0.2, 0.25) is 0 Å². The van der Waals surface area contributed by atoms with Crippen LogP contribution < -0.4 is 10.6 Å². The maximum absolute atomic E-state index is 12.0. The largest absolute Gasteiger partial charge is 0.452 e. The first-order valence-electron chi connectivity index (χ1n) is 8.41. The van der Waals surface area contributed by atoms with Crippen LogP contribution in [0.3, 0.4) is 0 Å². The average Bonchev–Trinajstić information content (AvgIpc) is 3.17. The van der Waals surface area contributed by atoms with E-state index in [1.54, 1.807) is 24.3 Å². The van der Waals surface area contributed by atoms with E-state index in [1.165, 1.54) is 11.3 Å². The zero-order valence-electron chi connectivity index (χ0n) is 15.2. The summed E-state index contributed by atoms with van der Waals surface area (Å²) < 4.78 is 10.4. The Balaban J connectivity index is 1.70. The predicted octanol–water partition coefficient (Wildman–Crippen LogP) is 2.86. The van der Waals surface area contributed by atoms with E-state index in [9.17, 15) is 14.4 Å². The van der Waals surface area contributed by atoms with E-state index >= 15 is 0 Å². The van der Waals surface area contributed by atoms with Crippen LogP contribution in [0.5, 0.6) is 0 Å². The Morgan fingerprint density at radius 2 is 1.85 bits per heavy atom. The average molecular weight is 390 g/mol. The summed E-state index contributed by atoms with van der Waals surface area (Å²) in [4.78, 5) is 36.2. The Labute approximate surface area is 161 Å². The van der Waals surface area contributed by atoms with Crippen molar-refractivity contribution in [2.24, 2.45) is 0 Å². The third-order valence-corrected chi connectivity index (χ3v) is 4.24. The van der Waals surface area contributed by atoms with Gasteiger partial charge in [0.15, 0.2) is 6.61 Å². The number of hydrogen-bond acceptors (Lipinski definition) is 6. The fraction of sp³-hybridized carbons (Fsp3) is 0.316. The molecule has 0 aliphatic carbocycles.